The Morgan fingerprint density at radius 2 is 1.77 bits per heavy atom. The summed E-state index contributed by atoms with van der Waals surface area (Å²) in [6.45, 7) is 6.49. The van der Waals surface area contributed by atoms with Crippen molar-refractivity contribution in [2.75, 3.05) is 26.2 Å². The van der Waals surface area contributed by atoms with Gasteiger partial charge in [-0.05, 0) is 13.0 Å². The number of aromatic nitrogens is 1. The molecule has 0 radical (unpaired) electrons. The Morgan fingerprint density at radius 1 is 1.09 bits per heavy atom. The van der Waals surface area contributed by atoms with Gasteiger partial charge in [-0.15, -0.1) is 0 Å². The fourth-order valence-corrected chi connectivity index (χ4v) is 2.74. The molecule has 1 aromatic heterocycles. The second-order valence-corrected chi connectivity index (χ2v) is 5.69. The molecule has 0 unspecified atom stereocenters. The summed E-state index contributed by atoms with van der Waals surface area (Å²) in [4.78, 5) is 4.43. The van der Waals surface area contributed by atoms with Gasteiger partial charge in [-0.3, -0.25) is 9.80 Å². The van der Waals surface area contributed by atoms with E-state index in [0.717, 1.165) is 50.2 Å². The minimum Gasteiger partial charge on any atom is -0.361 e. The van der Waals surface area contributed by atoms with Gasteiger partial charge in [0, 0.05) is 50.9 Å². The number of halogens is 2. The molecule has 4 nitrogen and oxygen atoms in total. The van der Waals surface area contributed by atoms with Gasteiger partial charge < -0.3 is 4.52 Å². The normalized spacial score (nSPS) is 17.0. The second-order valence-electron chi connectivity index (χ2n) is 5.69. The molecule has 2 heterocycles. The molecule has 22 heavy (non-hydrogen) atoms. The first-order valence-corrected chi connectivity index (χ1v) is 7.41. The van der Waals surface area contributed by atoms with Crippen LogP contribution in [0.2, 0.25) is 0 Å². The van der Waals surface area contributed by atoms with Crippen LogP contribution in [0.4, 0.5) is 8.78 Å². The smallest absolute Gasteiger partial charge is 0.163 e. The molecule has 3 rings (SSSR count). The minimum absolute atomic E-state index is 0.417. The van der Waals surface area contributed by atoms with Gasteiger partial charge >= 0.3 is 0 Å². The van der Waals surface area contributed by atoms with Crippen LogP contribution in [0.15, 0.2) is 28.8 Å². The largest absolute Gasteiger partial charge is 0.361 e. The molecule has 0 saturated carbocycles. The van der Waals surface area contributed by atoms with E-state index in [1.54, 1.807) is 12.1 Å². The molecular formula is C16H19F2N3O. The third-order valence-electron chi connectivity index (χ3n) is 3.95. The van der Waals surface area contributed by atoms with Crippen LogP contribution in [0.3, 0.4) is 0 Å². The Hall–Kier alpha value is -1.79. The predicted octanol–water partition coefficient (Wildman–Crippen LogP) is 2.58. The van der Waals surface area contributed by atoms with Crippen molar-refractivity contribution in [3.05, 3.63) is 52.9 Å². The first-order chi connectivity index (χ1) is 10.6. The van der Waals surface area contributed by atoms with Crippen molar-refractivity contribution in [1.29, 1.82) is 0 Å². The lowest BCUT2D eigenvalue weighted by Gasteiger charge is -2.34. The van der Waals surface area contributed by atoms with Crippen molar-refractivity contribution in [1.82, 2.24) is 15.0 Å². The topological polar surface area (TPSA) is 32.5 Å². The number of benzene rings is 1. The maximum atomic E-state index is 13.7. The fourth-order valence-electron chi connectivity index (χ4n) is 2.74. The van der Waals surface area contributed by atoms with Crippen molar-refractivity contribution in [2.24, 2.45) is 0 Å². The minimum atomic E-state index is -0.780. The van der Waals surface area contributed by atoms with Crippen molar-refractivity contribution in [3.8, 4) is 0 Å². The summed E-state index contributed by atoms with van der Waals surface area (Å²) < 4.78 is 32.0. The zero-order valence-electron chi connectivity index (χ0n) is 12.6. The zero-order valence-corrected chi connectivity index (χ0v) is 12.6. The Labute approximate surface area is 128 Å². The molecule has 118 valence electrons. The quantitative estimate of drug-likeness (QED) is 0.869. The highest BCUT2D eigenvalue weighted by molar-refractivity contribution is 5.18. The molecule has 6 heteroatoms. The lowest BCUT2D eigenvalue weighted by molar-refractivity contribution is 0.119. The van der Waals surface area contributed by atoms with Crippen LogP contribution < -0.4 is 0 Å². The molecule has 0 amide bonds. The first kappa shape index (κ1) is 15.1. The average molecular weight is 307 g/mol. The molecular weight excluding hydrogens is 288 g/mol. The highest BCUT2D eigenvalue weighted by Crippen LogP contribution is 2.16. The van der Waals surface area contributed by atoms with Crippen molar-refractivity contribution >= 4 is 0 Å². The van der Waals surface area contributed by atoms with E-state index < -0.39 is 11.6 Å². The van der Waals surface area contributed by atoms with Crippen LogP contribution in [-0.4, -0.2) is 41.1 Å². The monoisotopic (exact) mass is 307 g/mol. The zero-order chi connectivity index (χ0) is 15.5. The standard InChI is InChI=1S/C16H19F2N3O/c1-12-9-14(19-22-12)11-21-7-5-20(6-8-21)10-13-3-2-4-15(17)16(13)18/h2-4,9H,5-8,10-11H2,1H3. The van der Waals surface area contributed by atoms with Gasteiger partial charge in [0.15, 0.2) is 11.6 Å². The third kappa shape index (κ3) is 3.51. The van der Waals surface area contributed by atoms with Gasteiger partial charge in [0.1, 0.15) is 5.76 Å². The molecule has 2 aromatic rings. The molecule has 1 aliphatic heterocycles. The molecule has 1 aliphatic rings. The van der Waals surface area contributed by atoms with Crippen molar-refractivity contribution < 1.29 is 13.3 Å². The second kappa shape index (κ2) is 6.54. The van der Waals surface area contributed by atoms with Gasteiger partial charge in [-0.2, -0.15) is 0 Å². The first-order valence-electron chi connectivity index (χ1n) is 7.41. The van der Waals surface area contributed by atoms with E-state index in [0.29, 0.717) is 12.1 Å². The van der Waals surface area contributed by atoms with Crippen molar-refractivity contribution in [3.63, 3.8) is 0 Å². The Bertz CT molecular complexity index is 636. The van der Waals surface area contributed by atoms with Gasteiger partial charge in [0.2, 0.25) is 0 Å². The maximum absolute atomic E-state index is 13.7. The molecule has 1 saturated heterocycles. The highest BCUT2D eigenvalue weighted by Gasteiger charge is 2.19. The fraction of sp³-hybridized carbons (Fsp3) is 0.438. The van der Waals surface area contributed by atoms with E-state index in [1.807, 2.05) is 13.0 Å². The van der Waals surface area contributed by atoms with Gasteiger partial charge in [-0.1, -0.05) is 17.3 Å². The molecule has 0 spiro atoms. The van der Waals surface area contributed by atoms with E-state index in [9.17, 15) is 8.78 Å². The Balaban J connectivity index is 1.52. The van der Waals surface area contributed by atoms with Crippen LogP contribution in [0.5, 0.6) is 0 Å². The summed E-state index contributed by atoms with van der Waals surface area (Å²) in [6, 6.07) is 6.28. The number of hydrogen-bond acceptors (Lipinski definition) is 4. The van der Waals surface area contributed by atoms with Crippen molar-refractivity contribution in [2.45, 2.75) is 20.0 Å². The molecule has 0 atom stereocenters. The summed E-state index contributed by atoms with van der Waals surface area (Å²) in [5, 5.41) is 4.00. The average Bonchev–Trinajstić information content (AvgIpc) is 2.91. The summed E-state index contributed by atoms with van der Waals surface area (Å²) in [5.41, 5.74) is 1.35. The summed E-state index contributed by atoms with van der Waals surface area (Å²) >= 11 is 0. The number of hydrogen-bond donors (Lipinski definition) is 0. The third-order valence-corrected chi connectivity index (χ3v) is 3.95. The summed E-state index contributed by atoms with van der Waals surface area (Å²) in [7, 11) is 0. The Morgan fingerprint density at radius 3 is 2.41 bits per heavy atom. The van der Waals surface area contributed by atoms with E-state index in [2.05, 4.69) is 15.0 Å². The van der Waals surface area contributed by atoms with Crippen LogP contribution >= 0.6 is 0 Å². The van der Waals surface area contributed by atoms with Crippen LogP contribution in [0.1, 0.15) is 17.0 Å². The number of nitrogens with zero attached hydrogens (tertiary/aromatic N) is 3. The number of aryl methyl sites for hydroxylation is 1. The molecule has 1 fully saturated rings. The number of rotatable bonds is 4. The number of piperazine rings is 1. The van der Waals surface area contributed by atoms with E-state index >= 15 is 0 Å². The van der Waals surface area contributed by atoms with Crippen LogP contribution in [-0.2, 0) is 13.1 Å². The molecule has 0 N–H and O–H groups in total. The SMILES string of the molecule is Cc1cc(CN2CCN(Cc3cccc(F)c3F)CC2)no1. The highest BCUT2D eigenvalue weighted by atomic mass is 19.2. The molecule has 0 aliphatic carbocycles. The summed E-state index contributed by atoms with van der Waals surface area (Å²) in [5.74, 6) is -0.698. The lowest BCUT2D eigenvalue weighted by Crippen LogP contribution is -2.45. The van der Waals surface area contributed by atoms with Crippen LogP contribution in [0.25, 0.3) is 0 Å². The van der Waals surface area contributed by atoms with Gasteiger partial charge in [-0.25, -0.2) is 8.78 Å². The van der Waals surface area contributed by atoms with Gasteiger partial charge in [0.25, 0.3) is 0 Å². The van der Waals surface area contributed by atoms with Gasteiger partial charge in [0.05, 0.1) is 5.69 Å². The predicted molar refractivity (Wildman–Crippen MR) is 78.2 cm³/mol. The maximum Gasteiger partial charge on any atom is 0.163 e. The Kier molecular flexibility index (Phi) is 4.49. The van der Waals surface area contributed by atoms with E-state index in [-0.39, 0.29) is 0 Å². The van der Waals surface area contributed by atoms with Crippen LogP contribution in [0, 0.1) is 18.6 Å². The molecule has 0 bridgehead atoms. The van der Waals surface area contributed by atoms with E-state index in [1.165, 1.54) is 0 Å². The molecule has 1 aromatic carbocycles. The lowest BCUT2D eigenvalue weighted by atomic mass is 10.1. The van der Waals surface area contributed by atoms with E-state index in [4.69, 9.17) is 4.52 Å². The summed E-state index contributed by atoms with van der Waals surface area (Å²) in [6.07, 6.45) is 0.